The highest BCUT2D eigenvalue weighted by atomic mass is 35.5. The summed E-state index contributed by atoms with van der Waals surface area (Å²) < 4.78 is 0. The normalized spacial score (nSPS) is 10.3. The van der Waals surface area contributed by atoms with Crippen LogP contribution in [0.4, 0.5) is 4.79 Å². The molecule has 0 fully saturated rings. The van der Waals surface area contributed by atoms with Crippen LogP contribution in [0.15, 0.2) is 30.6 Å². The van der Waals surface area contributed by atoms with Crippen molar-refractivity contribution in [2.24, 2.45) is 0 Å². The summed E-state index contributed by atoms with van der Waals surface area (Å²) >= 11 is 5.84. The Morgan fingerprint density at radius 1 is 1.35 bits per heavy atom. The van der Waals surface area contributed by atoms with Crippen LogP contribution in [0.1, 0.15) is 11.1 Å². The first-order valence-electron chi connectivity index (χ1n) is 5.85. The third-order valence-corrected chi connectivity index (χ3v) is 2.95. The van der Waals surface area contributed by atoms with Crippen LogP contribution in [0.3, 0.4) is 0 Å². The minimum Gasteiger partial charge on any atom is -0.464 e. The molecule has 104 valence electrons. The number of halogens is 1. The summed E-state index contributed by atoms with van der Waals surface area (Å²) in [4.78, 5) is 18.4. The van der Waals surface area contributed by atoms with Gasteiger partial charge in [-0.15, -0.1) is 0 Å². The number of hydrazine groups is 1. The van der Waals surface area contributed by atoms with Gasteiger partial charge in [0.25, 0.3) is 0 Å². The van der Waals surface area contributed by atoms with E-state index in [0.29, 0.717) is 11.7 Å². The Kier molecular flexibility index (Phi) is 4.49. The molecule has 0 saturated heterocycles. The first-order chi connectivity index (χ1) is 9.56. The number of aromatic nitrogens is 2. The topological polar surface area (TPSA) is 87.1 Å². The molecule has 0 atom stereocenters. The smallest absolute Gasteiger partial charge is 0.419 e. The molecule has 2 rings (SSSR count). The van der Waals surface area contributed by atoms with Gasteiger partial charge < -0.3 is 5.11 Å². The lowest BCUT2D eigenvalue weighted by molar-refractivity contribution is 0.189. The lowest BCUT2D eigenvalue weighted by Gasteiger charge is -2.09. The largest absolute Gasteiger partial charge is 0.464 e. The van der Waals surface area contributed by atoms with Gasteiger partial charge in [0.2, 0.25) is 0 Å². The SMILES string of the molecule is Cc1cc(-c2cc(Cl)ncn2)ccc1CNNC(=O)O. The van der Waals surface area contributed by atoms with Crippen LogP contribution in [0.25, 0.3) is 11.3 Å². The molecule has 0 aliphatic carbocycles. The van der Waals surface area contributed by atoms with E-state index < -0.39 is 6.09 Å². The molecule has 1 aromatic carbocycles. The predicted molar refractivity (Wildman–Crippen MR) is 75.2 cm³/mol. The number of benzene rings is 1. The van der Waals surface area contributed by atoms with Crippen LogP contribution in [0.2, 0.25) is 5.15 Å². The van der Waals surface area contributed by atoms with Gasteiger partial charge in [0.15, 0.2) is 0 Å². The summed E-state index contributed by atoms with van der Waals surface area (Å²) in [5.41, 5.74) is 8.41. The second-order valence-corrected chi connectivity index (χ2v) is 4.54. The highest BCUT2D eigenvalue weighted by Crippen LogP contribution is 2.21. The maximum atomic E-state index is 10.3. The molecule has 0 unspecified atom stereocenters. The first-order valence-corrected chi connectivity index (χ1v) is 6.23. The summed E-state index contributed by atoms with van der Waals surface area (Å²) in [6.07, 6.45) is 0.300. The third kappa shape index (κ3) is 3.66. The zero-order valence-corrected chi connectivity index (χ0v) is 11.5. The highest BCUT2D eigenvalue weighted by Gasteiger charge is 2.05. The number of carboxylic acid groups (broad SMARTS) is 1. The lowest BCUT2D eigenvalue weighted by atomic mass is 10.0. The average molecular weight is 293 g/mol. The van der Waals surface area contributed by atoms with Crippen LogP contribution < -0.4 is 10.9 Å². The zero-order valence-electron chi connectivity index (χ0n) is 10.7. The van der Waals surface area contributed by atoms with Gasteiger partial charge in [-0.05, 0) is 24.1 Å². The van der Waals surface area contributed by atoms with Crippen molar-refractivity contribution < 1.29 is 9.90 Å². The second-order valence-electron chi connectivity index (χ2n) is 4.15. The van der Waals surface area contributed by atoms with Crippen molar-refractivity contribution >= 4 is 17.7 Å². The molecule has 6 nitrogen and oxygen atoms in total. The molecule has 0 aliphatic rings. The lowest BCUT2D eigenvalue weighted by Crippen LogP contribution is -2.35. The molecule has 3 N–H and O–H groups in total. The Hall–Kier alpha value is -2.18. The highest BCUT2D eigenvalue weighted by molar-refractivity contribution is 6.29. The van der Waals surface area contributed by atoms with Crippen LogP contribution in [-0.4, -0.2) is 21.2 Å². The second kappa shape index (κ2) is 6.31. The van der Waals surface area contributed by atoms with Crippen molar-refractivity contribution in [3.8, 4) is 11.3 Å². The predicted octanol–water partition coefficient (Wildman–Crippen LogP) is 2.38. The van der Waals surface area contributed by atoms with Crippen LogP contribution in [0.5, 0.6) is 0 Å². The summed E-state index contributed by atoms with van der Waals surface area (Å²) in [6, 6.07) is 7.48. The number of aryl methyl sites for hydroxylation is 1. The van der Waals surface area contributed by atoms with Crippen molar-refractivity contribution in [3.63, 3.8) is 0 Å². The van der Waals surface area contributed by atoms with Crippen LogP contribution in [0, 0.1) is 6.92 Å². The van der Waals surface area contributed by atoms with Gasteiger partial charge in [0.1, 0.15) is 11.5 Å². The number of hydrogen-bond acceptors (Lipinski definition) is 4. The maximum Gasteiger partial charge on any atom is 0.419 e. The van der Waals surface area contributed by atoms with E-state index in [0.717, 1.165) is 22.4 Å². The molecule has 2 aromatic rings. The van der Waals surface area contributed by atoms with Gasteiger partial charge in [0.05, 0.1) is 5.69 Å². The van der Waals surface area contributed by atoms with E-state index in [9.17, 15) is 4.79 Å². The monoisotopic (exact) mass is 292 g/mol. The number of rotatable bonds is 4. The average Bonchev–Trinajstić information content (AvgIpc) is 2.40. The fourth-order valence-electron chi connectivity index (χ4n) is 1.76. The molecule has 1 aromatic heterocycles. The fraction of sp³-hybridized carbons (Fsp3) is 0.154. The molecule has 0 radical (unpaired) electrons. The summed E-state index contributed by atoms with van der Waals surface area (Å²) in [7, 11) is 0. The van der Waals surface area contributed by atoms with Crippen molar-refractivity contribution in [3.05, 3.63) is 46.9 Å². The Morgan fingerprint density at radius 3 is 2.80 bits per heavy atom. The molecule has 0 saturated carbocycles. The molecule has 0 aliphatic heterocycles. The van der Waals surface area contributed by atoms with Gasteiger partial charge in [-0.1, -0.05) is 23.7 Å². The summed E-state index contributed by atoms with van der Waals surface area (Å²) in [5.74, 6) is 0. The van der Waals surface area contributed by atoms with Crippen LogP contribution >= 0.6 is 11.6 Å². The van der Waals surface area contributed by atoms with Gasteiger partial charge in [-0.2, -0.15) is 0 Å². The van der Waals surface area contributed by atoms with E-state index in [4.69, 9.17) is 16.7 Å². The Balaban J connectivity index is 2.15. The number of hydrogen-bond donors (Lipinski definition) is 3. The van der Waals surface area contributed by atoms with Crippen molar-refractivity contribution in [1.29, 1.82) is 0 Å². The van der Waals surface area contributed by atoms with Crippen molar-refractivity contribution in [2.75, 3.05) is 0 Å². The maximum absolute atomic E-state index is 10.3. The van der Waals surface area contributed by atoms with E-state index in [2.05, 4.69) is 20.8 Å². The van der Waals surface area contributed by atoms with Crippen molar-refractivity contribution in [2.45, 2.75) is 13.5 Å². The molecule has 20 heavy (non-hydrogen) atoms. The first kappa shape index (κ1) is 14.2. The van der Waals surface area contributed by atoms with E-state index >= 15 is 0 Å². The van der Waals surface area contributed by atoms with Gasteiger partial charge in [-0.25, -0.2) is 20.2 Å². The Bertz CT molecular complexity index is 634. The van der Waals surface area contributed by atoms with E-state index in [-0.39, 0.29) is 0 Å². The zero-order chi connectivity index (χ0) is 14.5. The number of nitrogens with one attached hydrogen (secondary N) is 2. The van der Waals surface area contributed by atoms with Gasteiger partial charge >= 0.3 is 6.09 Å². The third-order valence-electron chi connectivity index (χ3n) is 2.75. The standard InChI is InChI=1S/C13H13ClN4O2/c1-8-4-9(11-5-12(14)16-7-15-11)2-3-10(8)6-17-18-13(19)20/h2-5,7,17-18H,6H2,1H3,(H,19,20). The number of amides is 1. The molecule has 1 heterocycles. The van der Waals surface area contributed by atoms with E-state index in [1.165, 1.54) is 6.33 Å². The van der Waals surface area contributed by atoms with Gasteiger partial charge in [-0.3, -0.25) is 5.43 Å². The molecular formula is C13H13ClN4O2. The molecule has 0 spiro atoms. The Labute approximate surface area is 120 Å². The number of carbonyl (C=O) groups is 1. The van der Waals surface area contributed by atoms with E-state index in [1.807, 2.05) is 25.1 Å². The van der Waals surface area contributed by atoms with Crippen molar-refractivity contribution in [1.82, 2.24) is 20.8 Å². The summed E-state index contributed by atoms with van der Waals surface area (Å²) in [6.45, 7) is 2.35. The van der Waals surface area contributed by atoms with Crippen LogP contribution in [-0.2, 0) is 6.54 Å². The number of nitrogens with zero attached hydrogens (tertiary/aromatic N) is 2. The molecule has 1 amide bonds. The summed E-state index contributed by atoms with van der Waals surface area (Å²) in [5, 5.41) is 8.87. The minimum atomic E-state index is -1.12. The fourth-order valence-corrected chi connectivity index (χ4v) is 1.91. The Morgan fingerprint density at radius 2 is 2.15 bits per heavy atom. The molecule has 0 bridgehead atoms. The quantitative estimate of drug-likeness (QED) is 0.595. The molecular weight excluding hydrogens is 280 g/mol. The minimum absolute atomic E-state index is 0.393. The van der Waals surface area contributed by atoms with E-state index in [1.54, 1.807) is 6.07 Å². The molecule has 7 heteroatoms. The van der Waals surface area contributed by atoms with Gasteiger partial charge in [0, 0.05) is 18.2 Å².